The molecule has 0 N–H and O–H groups in total. The van der Waals surface area contributed by atoms with E-state index in [1.165, 1.54) is 0 Å². The van der Waals surface area contributed by atoms with E-state index in [9.17, 15) is 9.59 Å². The molecule has 2 unspecified atom stereocenters. The Kier molecular flexibility index (Phi) is 8.24. The van der Waals surface area contributed by atoms with Gasteiger partial charge in [-0.25, -0.2) is 4.79 Å². The highest BCUT2D eigenvalue weighted by atomic mass is 16.6. The Labute approximate surface area is 240 Å². The zero-order valence-electron chi connectivity index (χ0n) is 23.6. The van der Waals surface area contributed by atoms with Gasteiger partial charge in [0, 0.05) is 17.5 Å². The zero-order chi connectivity index (χ0) is 28.9. The van der Waals surface area contributed by atoms with Gasteiger partial charge in [0.2, 0.25) is 0 Å². The minimum atomic E-state index is -0.388. The number of ketones is 1. The number of hydrogen-bond acceptors (Lipinski definition) is 6. The second-order valence-corrected chi connectivity index (χ2v) is 10.1. The van der Waals surface area contributed by atoms with Crippen molar-refractivity contribution in [3.63, 3.8) is 0 Å². The predicted molar refractivity (Wildman–Crippen MR) is 157 cm³/mol. The van der Waals surface area contributed by atoms with E-state index in [4.69, 9.17) is 18.9 Å². The van der Waals surface area contributed by atoms with Gasteiger partial charge < -0.3 is 18.9 Å². The van der Waals surface area contributed by atoms with Crippen LogP contribution in [0.4, 0.5) is 4.79 Å². The number of carbonyl (C=O) groups excluding carboxylic acids is 2. The van der Waals surface area contributed by atoms with Crippen LogP contribution in [0.2, 0.25) is 0 Å². The van der Waals surface area contributed by atoms with Crippen LogP contribution in [0.3, 0.4) is 0 Å². The normalized spacial score (nSPS) is 16.3. The van der Waals surface area contributed by atoms with Crippen molar-refractivity contribution in [3.8, 4) is 34.1 Å². The Hall–Kier alpha value is -4.78. The first kappa shape index (κ1) is 27.8. The van der Waals surface area contributed by atoms with E-state index in [1.807, 2.05) is 91.9 Å². The Bertz CT molecular complexity index is 1550. The first-order valence-corrected chi connectivity index (χ1v) is 13.5. The molecule has 1 amide bonds. The van der Waals surface area contributed by atoms with Crippen LogP contribution in [0.25, 0.3) is 11.1 Å². The number of Topliss-reactive ketones (excluding diaryl/α,β-unsaturated/α-hetero) is 1. The fraction of sp³-hybridized carbons (Fsp3) is 0.235. The first-order valence-electron chi connectivity index (χ1n) is 13.5. The molecule has 210 valence electrons. The van der Waals surface area contributed by atoms with Gasteiger partial charge in [-0.15, -0.1) is 0 Å². The van der Waals surface area contributed by atoms with E-state index in [1.54, 1.807) is 32.1 Å². The molecule has 1 aliphatic rings. The van der Waals surface area contributed by atoms with Crippen LogP contribution >= 0.6 is 0 Å². The monoisotopic (exact) mass is 551 g/mol. The number of nitrogens with zero attached hydrogens (tertiary/aromatic N) is 1. The number of rotatable bonds is 10. The number of amides is 1. The second-order valence-electron chi connectivity index (χ2n) is 10.1. The first-order chi connectivity index (χ1) is 19.9. The van der Waals surface area contributed by atoms with E-state index in [2.05, 4.69) is 0 Å². The van der Waals surface area contributed by atoms with Gasteiger partial charge in [0.15, 0.2) is 11.5 Å². The van der Waals surface area contributed by atoms with Gasteiger partial charge >= 0.3 is 6.09 Å². The fourth-order valence-electron chi connectivity index (χ4n) is 5.16. The summed E-state index contributed by atoms with van der Waals surface area (Å²) in [4.78, 5) is 26.6. The van der Waals surface area contributed by atoms with Crippen LogP contribution in [-0.4, -0.2) is 37.0 Å². The molecule has 2 atom stereocenters. The van der Waals surface area contributed by atoms with Crippen LogP contribution < -0.4 is 14.2 Å². The summed E-state index contributed by atoms with van der Waals surface area (Å²) in [6.07, 6.45) is -0.479. The molecule has 1 saturated heterocycles. The number of hydrogen-bond donors (Lipinski definition) is 0. The summed E-state index contributed by atoms with van der Waals surface area (Å²) in [6.45, 7) is 3.80. The number of ether oxygens (including phenoxy) is 4. The van der Waals surface area contributed by atoms with Crippen molar-refractivity contribution in [2.75, 3.05) is 14.2 Å². The lowest BCUT2D eigenvalue weighted by molar-refractivity contribution is -0.116. The number of cyclic esters (lactones) is 1. The third-order valence-corrected chi connectivity index (χ3v) is 7.24. The summed E-state index contributed by atoms with van der Waals surface area (Å²) >= 11 is 0. The number of carbonyl (C=O) groups is 2. The lowest BCUT2D eigenvalue weighted by Crippen LogP contribution is -2.31. The molecule has 41 heavy (non-hydrogen) atoms. The molecule has 7 heteroatoms. The summed E-state index contributed by atoms with van der Waals surface area (Å²) in [5.74, 6) is 2.37. The average Bonchev–Trinajstić information content (AvgIpc) is 3.26. The number of methoxy groups -OCH3 is 2. The SMILES string of the molecule is COc1ccc(CC(C)=O)cc1Oc1ccc(-c2ccccc2OC)cc1CN1C(=O)OC(c2ccccc2)C1C. The third-order valence-electron chi connectivity index (χ3n) is 7.24. The van der Waals surface area contributed by atoms with Crippen LogP contribution in [0, 0.1) is 0 Å². The van der Waals surface area contributed by atoms with E-state index >= 15 is 0 Å². The highest BCUT2D eigenvalue weighted by Gasteiger charge is 2.40. The summed E-state index contributed by atoms with van der Waals surface area (Å²) in [7, 11) is 3.22. The minimum Gasteiger partial charge on any atom is -0.496 e. The van der Waals surface area contributed by atoms with Crippen molar-refractivity contribution >= 4 is 11.9 Å². The minimum absolute atomic E-state index is 0.0532. The van der Waals surface area contributed by atoms with Gasteiger partial charge in [-0.3, -0.25) is 9.69 Å². The highest BCUT2D eigenvalue weighted by molar-refractivity contribution is 5.78. The van der Waals surface area contributed by atoms with Crippen LogP contribution in [0.1, 0.15) is 36.6 Å². The molecule has 0 aliphatic carbocycles. The topological polar surface area (TPSA) is 74.3 Å². The summed E-state index contributed by atoms with van der Waals surface area (Å²) in [5, 5.41) is 0. The molecule has 0 saturated carbocycles. The maximum Gasteiger partial charge on any atom is 0.411 e. The number of para-hydroxylation sites is 1. The van der Waals surface area contributed by atoms with Gasteiger partial charge in [-0.2, -0.15) is 0 Å². The van der Waals surface area contributed by atoms with Crippen molar-refractivity contribution in [1.82, 2.24) is 4.90 Å². The molecule has 5 rings (SSSR count). The molecule has 0 radical (unpaired) electrons. The van der Waals surface area contributed by atoms with Crippen molar-refractivity contribution in [2.24, 2.45) is 0 Å². The lowest BCUT2D eigenvalue weighted by atomic mass is 10.00. The molecular formula is C34H33NO6. The Morgan fingerprint density at radius 3 is 2.27 bits per heavy atom. The molecule has 7 nitrogen and oxygen atoms in total. The maximum absolute atomic E-state index is 13.1. The standard InChI is InChI=1S/C34H33NO6/c1-22(36)18-24-14-16-31(39-4)32(19-24)40-29-17-15-26(28-12-8-9-13-30(28)38-3)20-27(29)21-35-23(2)33(41-34(35)37)25-10-6-5-7-11-25/h5-17,19-20,23,33H,18,21H2,1-4H3. The quantitative estimate of drug-likeness (QED) is 0.205. The van der Waals surface area contributed by atoms with E-state index in [0.29, 0.717) is 17.2 Å². The second kappa shape index (κ2) is 12.2. The van der Waals surface area contributed by atoms with E-state index in [-0.39, 0.29) is 37.0 Å². The largest absolute Gasteiger partial charge is 0.496 e. The Balaban J connectivity index is 1.54. The van der Waals surface area contributed by atoms with Crippen molar-refractivity contribution < 1.29 is 28.5 Å². The Morgan fingerprint density at radius 2 is 1.54 bits per heavy atom. The van der Waals surface area contributed by atoms with E-state index in [0.717, 1.165) is 33.6 Å². The average molecular weight is 552 g/mol. The molecule has 1 fully saturated rings. The van der Waals surface area contributed by atoms with Crippen LogP contribution in [-0.2, 0) is 22.5 Å². The molecule has 4 aromatic rings. The third kappa shape index (κ3) is 6.04. The van der Waals surface area contributed by atoms with Gasteiger partial charge in [-0.1, -0.05) is 60.7 Å². The van der Waals surface area contributed by atoms with Crippen molar-refractivity contribution in [2.45, 2.75) is 39.0 Å². The number of benzene rings is 4. The molecule has 1 aliphatic heterocycles. The highest BCUT2D eigenvalue weighted by Crippen LogP contribution is 2.40. The van der Waals surface area contributed by atoms with Crippen molar-refractivity contribution in [3.05, 3.63) is 108 Å². The molecule has 4 aromatic carbocycles. The van der Waals surface area contributed by atoms with Gasteiger partial charge in [0.05, 0.1) is 26.8 Å². The zero-order valence-corrected chi connectivity index (χ0v) is 23.6. The molecule has 0 aromatic heterocycles. The van der Waals surface area contributed by atoms with Gasteiger partial charge in [0.1, 0.15) is 23.4 Å². The van der Waals surface area contributed by atoms with Crippen molar-refractivity contribution in [1.29, 1.82) is 0 Å². The van der Waals surface area contributed by atoms with Crippen LogP contribution in [0.5, 0.6) is 23.0 Å². The van der Waals surface area contributed by atoms with Gasteiger partial charge in [-0.05, 0) is 60.9 Å². The predicted octanol–water partition coefficient (Wildman–Crippen LogP) is 7.38. The Morgan fingerprint density at radius 1 is 0.829 bits per heavy atom. The summed E-state index contributed by atoms with van der Waals surface area (Å²) < 4.78 is 23.4. The molecule has 0 spiro atoms. The fourth-order valence-corrected chi connectivity index (χ4v) is 5.16. The summed E-state index contributed by atoms with van der Waals surface area (Å²) in [5.41, 5.74) is 4.39. The van der Waals surface area contributed by atoms with E-state index < -0.39 is 0 Å². The maximum atomic E-state index is 13.1. The van der Waals surface area contributed by atoms with Crippen LogP contribution in [0.15, 0.2) is 91.0 Å². The molecule has 0 bridgehead atoms. The lowest BCUT2D eigenvalue weighted by Gasteiger charge is -2.23. The van der Waals surface area contributed by atoms with Gasteiger partial charge in [0.25, 0.3) is 0 Å². The molecule has 1 heterocycles. The molecular weight excluding hydrogens is 518 g/mol. The smallest absolute Gasteiger partial charge is 0.411 e. The summed E-state index contributed by atoms with van der Waals surface area (Å²) in [6, 6.07) is 28.6.